The molecule has 116 valence electrons. The molecule has 1 aliphatic rings. The number of methoxy groups -OCH3 is 2. The average molecular weight is 296 g/mol. The van der Waals surface area contributed by atoms with Gasteiger partial charge >= 0.3 is 5.97 Å². The van der Waals surface area contributed by atoms with E-state index in [9.17, 15) is 9.18 Å². The van der Waals surface area contributed by atoms with Gasteiger partial charge in [-0.25, -0.2) is 9.18 Å². The van der Waals surface area contributed by atoms with E-state index in [2.05, 4.69) is 5.32 Å². The lowest BCUT2D eigenvalue weighted by atomic mass is 9.88. The highest BCUT2D eigenvalue weighted by Gasteiger charge is 2.46. The molecule has 0 aromatic heterocycles. The Kier molecular flexibility index (Phi) is 4.80. The van der Waals surface area contributed by atoms with Crippen molar-refractivity contribution >= 4 is 5.97 Å². The Morgan fingerprint density at radius 1 is 1.33 bits per heavy atom. The van der Waals surface area contributed by atoms with Gasteiger partial charge < -0.3 is 14.8 Å². The Balaban J connectivity index is 2.57. The maximum atomic E-state index is 14.5. The summed E-state index contributed by atoms with van der Waals surface area (Å²) in [5.41, 5.74) is -0.991. The third-order valence-electron chi connectivity index (χ3n) is 4.01. The zero-order valence-electron chi connectivity index (χ0n) is 12.6. The van der Waals surface area contributed by atoms with Crippen molar-refractivity contribution in [1.82, 2.24) is 10.2 Å². The lowest BCUT2D eigenvalue weighted by Crippen LogP contribution is -2.57. The van der Waals surface area contributed by atoms with E-state index in [1.54, 1.807) is 19.1 Å². The minimum atomic E-state index is -1.21. The molecule has 0 saturated carbocycles. The Bertz CT molecular complexity index is 518. The summed E-state index contributed by atoms with van der Waals surface area (Å²) >= 11 is 0. The molecule has 1 atom stereocenters. The first-order chi connectivity index (χ1) is 10.1. The highest BCUT2D eigenvalue weighted by molar-refractivity contribution is 5.83. The standard InChI is InChI=1S/C15H21FN2O3/c1-15(14(19)21-3,18-9-7-17-8-10-18)13-11(16)5-4-6-12(13)20-2/h4-6,17H,7-10H2,1-3H3. The summed E-state index contributed by atoms with van der Waals surface area (Å²) in [6, 6.07) is 4.55. The van der Waals surface area contributed by atoms with Crippen LogP contribution in [0.15, 0.2) is 18.2 Å². The number of rotatable bonds is 4. The second-order valence-electron chi connectivity index (χ2n) is 5.12. The van der Waals surface area contributed by atoms with E-state index in [4.69, 9.17) is 9.47 Å². The summed E-state index contributed by atoms with van der Waals surface area (Å²) in [4.78, 5) is 14.4. The molecule has 0 amide bonds. The number of hydrogen-bond acceptors (Lipinski definition) is 5. The fourth-order valence-corrected chi connectivity index (χ4v) is 2.85. The molecule has 0 radical (unpaired) electrons. The van der Waals surface area contributed by atoms with Crippen molar-refractivity contribution in [3.05, 3.63) is 29.6 Å². The van der Waals surface area contributed by atoms with Gasteiger partial charge in [-0.05, 0) is 19.1 Å². The zero-order valence-corrected chi connectivity index (χ0v) is 12.6. The molecule has 21 heavy (non-hydrogen) atoms. The Labute approximate surface area is 124 Å². The van der Waals surface area contributed by atoms with Gasteiger partial charge in [-0.3, -0.25) is 4.90 Å². The van der Waals surface area contributed by atoms with Crippen LogP contribution in [0.3, 0.4) is 0 Å². The van der Waals surface area contributed by atoms with Crippen LogP contribution in [0.5, 0.6) is 5.75 Å². The average Bonchev–Trinajstić information content (AvgIpc) is 2.53. The van der Waals surface area contributed by atoms with Gasteiger partial charge in [0.15, 0.2) is 0 Å². The second-order valence-corrected chi connectivity index (χ2v) is 5.12. The predicted octanol–water partition coefficient (Wildman–Crippen LogP) is 1.13. The molecule has 6 heteroatoms. The van der Waals surface area contributed by atoms with E-state index in [-0.39, 0.29) is 5.56 Å². The van der Waals surface area contributed by atoms with E-state index in [1.807, 2.05) is 4.90 Å². The van der Waals surface area contributed by atoms with Crippen molar-refractivity contribution in [2.24, 2.45) is 0 Å². The summed E-state index contributed by atoms with van der Waals surface area (Å²) in [6.45, 7) is 4.42. The number of carbonyl (C=O) groups excluding carboxylic acids is 1. The van der Waals surface area contributed by atoms with Gasteiger partial charge in [-0.2, -0.15) is 0 Å². The molecule has 1 saturated heterocycles. The van der Waals surface area contributed by atoms with Crippen molar-refractivity contribution in [3.63, 3.8) is 0 Å². The van der Waals surface area contributed by atoms with Crippen LogP contribution in [0.25, 0.3) is 0 Å². The monoisotopic (exact) mass is 296 g/mol. The van der Waals surface area contributed by atoms with E-state index in [1.165, 1.54) is 20.3 Å². The van der Waals surface area contributed by atoms with Crippen molar-refractivity contribution in [2.75, 3.05) is 40.4 Å². The predicted molar refractivity (Wildman–Crippen MR) is 76.8 cm³/mol. The fourth-order valence-electron chi connectivity index (χ4n) is 2.85. The summed E-state index contributed by atoms with van der Waals surface area (Å²) in [6.07, 6.45) is 0. The topological polar surface area (TPSA) is 50.8 Å². The molecule has 1 aromatic carbocycles. The number of hydrogen-bond donors (Lipinski definition) is 1. The molecule has 1 N–H and O–H groups in total. The molecular formula is C15H21FN2O3. The maximum Gasteiger partial charge on any atom is 0.330 e. The Morgan fingerprint density at radius 2 is 2.00 bits per heavy atom. The summed E-state index contributed by atoms with van der Waals surface area (Å²) in [7, 11) is 2.78. The maximum absolute atomic E-state index is 14.5. The van der Waals surface area contributed by atoms with Crippen LogP contribution in [0.2, 0.25) is 0 Å². The highest BCUT2D eigenvalue weighted by Crippen LogP contribution is 2.38. The fraction of sp³-hybridized carbons (Fsp3) is 0.533. The number of piperazine rings is 1. The zero-order chi connectivity index (χ0) is 15.5. The third-order valence-corrected chi connectivity index (χ3v) is 4.01. The molecule has 1 heterocycles. The molecule has 5 nitrogen and oxygen atoms in total. The highest BCUT2D eigenvalue weighted by atomic mass is 19.1. The molecule has 1 unspecified atom stereocenters. The second kappa shape index (κ2) is 6.41. The lowest BCUT2D eigenvalue weighted by Gasteiger charge is -2.42. The number of halogens is 1. The number of carbonyl (C=O) groups is 1. The van der Waals surface area contributed by atoms with E-state index in [0.29, 0.717) is 18.8 Å². The number of nitrogens with zero attached hydrogens (tertiary/aromatic N) is 1. The molecule has 1 aromatic rings. The summed E-state index contributed by atoms with van der Waals surface area (Å²) in [5, 5.41) is 3.22. The molecule has 2 rings (SSSR count). The lowest BCUT2D eigenvalue weighted by molar-refractivity contribution is -0.156. The summed E-state index contributed by atoms with van der Waals surface area (Å²) < 4.78 is 24.7. The van der Waals surface area contributed by atoms with Crippen LogP contribution in [0, 0.1) is 5.82 Å². The van der Waals surface area contributed by atoms with Crippen LogP contribution in [0.1, 0.15) is 12.5 Å². The van der Waals surface area contributed by atoms with Gasteiger partial charge in [0, 0.05) is 26.2 Å². The number of esters is 1. The van der Waals surface area contributed by atoms with Gasteiger partial charge in [-0.15, -0.1) is 0 Å². The molecular weight excluding hydrogens is 275 g/mol. The quantitative estimate of drug-likeness (QED) is 0.844. The van der Waals surface area contributed by atoms with Crippen LogP contribution in [0.4, 0.5) is 4.39 Å². The molecule has 0 aliphatic carbocycles. The van der Waals surface area contributed by atoms with Crippen molar-refractivity contribution in [2.45, 2.75) is 12.5 Å². The number of ether oxygens (including phenoxy) is 2. The van der Waals surface area contributed by atoms with Crippen LogP contribution in [-0.4, -0.2) is 51.3 Å². The normalized spacial score (nSPS) is 18.9. The molecule has 0 spiro atoms. The van der Waals surface area contributed by atoms with Gasteiger partial charge in [0.1, 0.15) is 17.1 Å². The van der Waals surface area contributed by atoms with Crippen LogP contribution < -0.4 is 10.1 Å². The minimum absolute atomic E-state index is 0.223. The first kappa shape index (κ1) is 15.7. The van der Waals surface area contributed by atoms with Crippen molar-refractivity contribution in [3.8, 4) is 5.75 Å². The largest absolute Gasteiger partial charge is 0.496 e. The van der Waals surface area contributed by atoms with E-state index < -0.39 is 17.3 Å². The Morgan fingerprint density at radius 3 is 2.57 bits per heavy atom. The van der Waals surface area contributed by atoms with E-state index in [0.717, 1.165) is 13.1 Å². The van der Waals surface area contributed by atoms with Gasteiger partial charge in [0.2, 0.25) is 0 Å². The number of nitrogens with one attached hydrogen (secondary N) is 1. The molecule has 1 aliphatic heterocycles. The van der Waals surface area contributed by atoms with E-state index >= 15 is 0 Å². The molecule has 0 bridgehead atoms. The third kappa shape index (κ3) is 2.73. The summed E-state index contributed by atoms with van der Waals surface area (Å²) in [5.74, 6) is -0.616. The van der Waals surface area contributed by atoms with Crippen LogP contribution >= 0.6 is 0 Å². The SMILES string of the molecule is COC(=O)C(C)(c1c(F)cccc1OC)N1CCNCC1. The first-order valence-corrected chi connectivity index (χ1v) is 6.93. The first-order valence-electron chi connectivity index (χ1n) is 6.93. The van der Waals surface area contributed by atoms with Crippen molar-refractivity contribution in [1.29, 1.82) is 0 Å². The molecule has 1 fully saturated rings. The number of benzene rings is 1. The Hall–Kier alpha value is -1.66. The van der Waals surface area contributed by atoms with Crippen LogP contribution in [-0.2, 0) is 15.1 Å². The van der Waals surface area contributed by atoms with Crippen molar-refractivity contribution < 1.29 is 18.7 Å². The van der Waals surface area contributed by atoms with Gasteiger partial charge in [-0.1, -0.05) is 6.07 Å². The van der Waals surface area contributed by atoms with Gasteiger partial charge in [0.05, 0.1) is 19.8 Å². The minimum Gasteiger partial charge on any atom is -0.496 e. The van der Waals surface area contributed by atoms with Gasteiger partial charge in [0.25, 0.3) is 0 Å². The smallest absolute Gasteiger partial charge is 0.330 e.